The predicted octanol–water partition coefficient (Wildman–Crippen LogP) is 2.66. The number of nitrogens with zero attached hydrogens (tertiary/aromatic N) is 2. The lowest BCUT2D eigenvalue weighted by Crippen LogP contribution is -2.30. The van der Waals surface area contributed by atoms with Gasteiger partial charge in [-0.05, 0) is 50.1 Å². The Morgan fingerprint density at radius 1 is 1.10 bits per heavy atom. The molecule has 1 amide bonds. The van der Waals surface area contributed by atoms with Gasteiger partial charge in [0.15, 0.2) is 11.8 Å². The van der Waals surface area contributed by atoms with Gasteiger partial charge in [0, 0.05) is 24.4 Å². The van der Waals surface area contributed by atoms with Crippen LogP contribution in [0.1, 0.15) is 28.9 Å². The summed E-state index contributed by atoms with van der Waals surface area (Å²) in [6, 6.07) is 7.64. The SMILES string of the molecule is COc1ccccc1CCNC(=O)COC(=O)CCc1c(C)nc(SC)nc1C. The Balaban J connectivity index is 1.72. The zero-order valence-corrected chi connectivity index (χ0v) is 18.1. The number of benzene rings is 1. The van der Waals surface area contributed by atoms with Crippen molar-refractivity contribution in [1.82, 2.24) is 15.3 Å². The first kappa shape index (κ1) is 22.7. The van der Waals surface area contributed by atoms with Crippen molar-refractivity contribution in [2.24, 2.45) is 0 Å². The molecular formula is C21H27N3O4S. The Kier molecular flexibility index (Phi) is 8.92. The molecule has 1 aromatic heterocycles. The molecule has 2 rings (SSSR count). The molecule has 0 atom stereocenters. The van der Waals surface area contributed by atoms with Crippen LogP contribution in [0.4, 0.5) is 0 Å². The first-order valence-electron chi connectivity index (χ1n) is 9.37. The Labute approximate surface area is 175 Å². The number of amides is 1. The van der Waals surface area contributed by atoms with Gasteiger partial charge >= 0.3 is 5.97 Å². The molecule has 1 heterocycles. The zero-order valence-electron chi connectivity index (χ0n) is 17.3. The molecular weight excluding hydrogens is 390 g/mol. The molecule has 0 fully saturated rings. The largest absolute Gasteiger partial charge is 0.496 e. The van der Waals surface area contributed by atoms with Crippen LogP contribution in [0.15, 0.2) is 29.4 Å². The fourth-order valence-corrected chi connectivity index (χ4v) is 3.36. The van der Waals surface area contributed by atoms with Crippen molar-refractivity contribution >= 4 is 23.6 Å². The van der Waals surface area contributed by atoms with Crippen molar-refractivity contribution < 1.29 is 19.1 Å². The zero-order chi connectivity index (χ0) is 21.2. The molecule has 0 unspecified atom stereocenters. The number of methoxy groups -OCH3 is 1. The molecule has 0 aliphatic heterocycles. The lowest BCUT2D eigenvalue weighted by molar-refractivity contribution is -0.148. The fourth-order valence-electron chi connectivity index (χ4n) is 2.90. The molecule has 1 aromatic carbocycles. The standard InChI is InChI=1S/C21H27N3O4S/c1-14-17(15(2)24-21(23-14)29-4)9-10-20(26)28-13-19(25)22-12-11-16-7-5-6-8-18(16)27-3/h5-8H,9-13H2,1-4H3,(H,22,25). The summed E-state index contributed by atoms with van der Waals surface area (Å²) < 4.78 is 10.4. The second-order valence-corrected chi connectivity index (χ2v) is 7.21. The van der Waals surface area contributed by atoms with Crippen LogP contribution in [0.25, 0.3) is 0 Å². The highest BCUT2D eigenvalue weighted by Crippen LogP contribution is 2.18. The van der Waals surface area contributed by atoms with E-state index in [0.717, 1.165) is 33.4 Å². The van der Waals surface area contributed by atoms with Gasteiger partial charge in [0.1, 0.15) is 5.75 Å². The van der Waals surface area contributed by atoms with Crippen molar-refractivity contribution in [3.8, 4) is 5.75 Å². The van der Waals surface area contributed by atoms with E-state index < -0.39 is 5.97 Å². The van der Waals surface area contributed by atoms with E-state index in [0.29, 0.717) is 19.4 Å². The van der Waals surface area contributed by atoms with E-state index in [1.54, 1.807) is 7.11 Å². The van der Waals surface area contributed by atoms with Gasteiger partial charge in [0.2, 0.25) is 0 Å². The number of ether oxygens (including phenoxy) is 2. The third-order valence-corrected chi connectivity index (χ3v) is 4.98. The maximum absolute atomic E-state index is 12.0. The molecule has 0 saturated heterocycles. The lowest BCUT2D eigenvalue weighted by atomic mass is 10.1. The summed E-state index contributed by atoms with van der Waals surface area (Å²) in [7, 11) is 1.61. The molecule has 29 heavy (non-hydrogen) atoms. The van der Waals surface area contributed by atoms with Crippen LogP contribution in [-0.2, 0) is 27.2 Å². The van der Waals surface area contributed by atoms with Gasteiger partial charge in [-0.1, -0.05) is 30.0 Å². The molecule has 0 bridgehead atoms. The van der Waals surface area contributed by atoms with E-state index in [1.165, 1.54) is 11.8 Å². The molecule has 7 nitrogen and oxygen atoms in total. The summed E-state index contributed by atoms with van der Waals surface area (Å²) in [5.41, 5.74) is 3.68. The van der Waals surface area contributed by atoms with Gasteiger partial charge in [-0.3, -0.25) is 9.59 Å². The Morgan fingerprint density at radius 2 is 1.79 bits per heavy atom. The molecule has 0 radical (unpaired) electrons. The first-order chi connectivity index (χ1) is 13.9. The summed E-state index contributed by atoms with van der Waals surface area (Å²) in [6.07, 6.45) is 3.22. The minimum Gasteiger partial charge on any atom is -0.496 e. The van der Waals surface area contributed by atoms with Gasteiger partial charge in [0.05, 0.1) is 7.11 Å². The predicted molar refractivity (Wildman–Crippen MR) is 112 cm³/mol. The van der Waals surface area contributed by atoms with Crippen LogP contribution in [0.5, 0.6) is 5.75 Å². The van der Waals surface area contributed by atoms with Crippen LogP contribution in [0, 0.1) is 13.8 Å². The number of thioether (sulfide) groups is 1. The number of esters is 1. The van der Waals surface area contributed by atoms with E-state index in [2.05, 4.69) is 15.3 Å². The Morgan fingerprint density at radius 3 is 2.45 bits per heavy atom. The van der Waals surface area contributed by atoms with Gasteiger partial charge in [-0.2, -0.15) is 0 Å². The number of aryl methyl sites for hydroxylation is 2. The van der Waals surface area contributed by atoms with Crippen molar-refractivity contribution in [3.05, 3.63) is 46.8 Å². The number of hydrogen-bond donors (Lipinski definition) is 1. The van der Waals surface area contributed by atoms with Crippen LogP contribution < -0.4 is 10.1 Å². The van der Waals surface area contributed by atoms with Crippen LogP contribution in [0.3, 0.4) is 0 Å². The van der Waals surface area contributed by atoms with Crippen molar-refractivity contribution in [2.45, 2.75) is 38.3 Å². The topological polar surface area (TPSA) is 90.4 Å². The number of hydrogen-bond acceptors (Lipinski definition) is 7. The molecule has 2 aromatic rings. The average Bonchev–Trinajstić information content (AvgIpc) is 2.71. The number of carbonyl (C=O) groups is 2. The summed E-state index contributed by atoms with van der Waals surface area (Å²) in [5.74, 6) is 0.0409. The van der Waals surface area contributed by atoms with Gasteiger partial charge in [-0.15, -0.1) is 0 Å². The van der Waals surface area contributed by atoms with Crippen LogP contribution in [0.2, 0.25) is 0 Å². The molecule has 0 aliphatic rings. The van der Waals surface area contributed by atoms with Crippen molar-refractivity contribution in [2.75, 3.05) is 26.5 Å². The van der Waals surface area contributed by atoms with Gasteiger partial charge in [0.25, 0.3) is 5.91 Å². The first-order valence-corrected chi connectivity index (χ1v) is 10.6. The molecule has 0 saturated carbocycles. The minimum atomic E-state index is -0.419. The molecule has 0 aliphatic carbocycles. The van der Waals surface area contributed by atoms with E-state index in [4.69, 9.17) is 9.47 Å². The highest BCUT2D eigenvalue weighted by Gasteiger charge is 2.12. The maximum atomic E-state index is 12.0. The second-order valence-electron chi connectivity index (χ2n) is 6.43. The number of aromatic nitrogens is 2. The van der Waals surface area contributed by atoms with Gasteiger partial charge in [-0.25, -0.2) is 9.97 Å². The second kappa shape index (κ2) is 11.4. The van der Waals surface area contributed by atoms with E-state index >= 15 is 0 Å². The third-order valence-electron chi connectivity index (χ3n) is 4.44. The number of para-hydroxylation sites is 1. The Hall–Kier alpha value is -2.61. The highest BCUT2D eigenvalue weighted by atomic mass is 32.2. The van der Waals surface area contributed by atoms with Crippen LogP contribution in [-0.4, -0.2) is 48.4 Å². The molecule has 156 valence electrons. The van der Waals surface area contributed by atoms with E-state index in [9.17, 15) is 9.59 Å². The summed E-state index contributed by atoms with van der Waals surface area (Å²) in [4.78, 5) is 32.7. The normalized spacial score (nSPS) is 10.5. The lowest BCUT2D eigenvalue weighted by Gasteiger charge is -2.11. The Bertz CT molecular complexity index is 835. The quantitative estimate of drug-likeness (QED) is 0.361. The third kappa shape index (κ3) is 7.05. The number of nitrogens with one attached hydrogen (secondary N) is 1. The van der Waals surface area contributed by atoms with Crippen molar-refractivity contribution in [3.63, 3.8) is 0 Å². The number of rotatable bonds is 10. The van der Waals surface area contributed by atoms with Crippen LogP contribution >= 0.6 is 11.8 Å². The van der Waals surface area contributed by atoms with E-state index in [-0.39, 0.29) is 18.9 Å². The summed E-state index contributed by atoms with van der Waals surface area (Å²) in [6.45, 7) is 3.97. The molecule has 1 N–H and O–H groups in total. The van der Waals surface area contributed by atoms with E-state index in [1.807, 2.05) is 44.4 Å². The highest BCUT2D eigenvalue weighted by molar-refractivity contribution is 7.98. The number of carbonyl (C=O) groups excluding carboxylic acids is 2. The van der Waals surface area contributed by atoms with Crippen molar-refractivity contribution in [1.29, 1.82) is 0 Å². The monoisotopic (exact) mass is 417 g/mol. The minimum absolute atomic E-state index is 0.179. The summed E-state index contributed by atoms with van der Waals surface area (Å²) in [5, 5.41) is 3.47. The van der Waals surface area contributed by atoms with Gasteiger partial charge < -0.3 is 14.8 Å². The fraction of sp³-hybridized carbons (Fsp3) is 0.429. The summed E-state index contributed by atoms with van der Waals surface area (Å²) >= 11 is 1.48. The molecule has 8 heteroatoms. The average molecular weight is 418 g/mol. The maximum Gasteiger partial charge on any atom is 0.306 e. The molecule has 0 spiro atoms. The smallest absolute Gasteiger partial charge is 0.306 e.